The van der Waals surface area contributed by atoms with Gasteiger partial charge in [0.25, 0.3) is 6.47 Å². The van der Waals surface area contributed by atoms with Gasteiger partial charge < -0.3 is 5.11 Å². The van der Waals surface area contributed by atoms with Crippen LogP contribution in [0.5, 0.6) is 0 Å². The zero-order valence-corrected chi connectivity index (χ0v) is 7.75. The molecule has 0 atom stereocenters. The summed E-state index contributed by atoms with van der Waals surface area (Å²) < 4.78 is 12.6. The molecule has 13 heavy (non-hydrogen) atoms. The second kappa shape index (κ2) is 6.37. The van der Waals surface area contributed by atoms with Crippen molar-refractivity contribution in [3.05, 3.63) is 28.8 Å². The van der Waals surface area contributed by atoms with E-state index in [1.807, 2.05) is 6.92 Å². The normalized spacial score (nSPS) is 8.54. The summed E-state index contributed by atoms with van der Waals surface area (Å²) in [7, 11) is 0. The predicted octanol–water partition coefficient (Wildman–Crippen LogP) is 2.14. The van der Waals surface area contributed by atoms with Crippen molar-refractivity contribution < 1.29 is 14.3 Å². The average Bonchev–Trinajstić information content (AvgIpc) is 2.11. The maximum Gasteiger partial charge on any atom is 0.290 e. The number of halogens is 2. The van der Waals surface area contributed by atoms with Crippen LogP contribution in [0, 0.1) is 5.82 Å². The molecule has 0 amide bonds. The molecule has 0 aliphatic carbocycles. The van der Waals surface area contributed by atoms with E-state index in [1.54, 1.807) is 6.20 Å². The monoisotopic (exact) mass is 205 g/mol. The van der Waals surface area contributed by atoms with Gasteiger partial charge in [-0.25, -0.2) is 9.37 Å². The van der Waals surface area contributed by atoms with E-state index < -0.39 is 5.82 Å². The Morgan fingerprint density at radius 2 is 2.31 bits per heavy atom. The standard InChI is InChI=1S/C7H7ClFN.CH2O2/c1-2-5-3-6(9)7(8)10-4-5;2-1-3/h3-4H,2H2,1H3;1H,(H,2,3). The second-order valence-corrected chi connectivity index (χ2v) is 2.43. The molecule has 0 fully saturated rings. The maximum absolute atomic E-state index is 12.6. The van der Waals surface area contributed by atoms with Gasteiger partial charge in [0, 0.05) is 6.20 Å². The number of aryl methyl sites for hydroxylation is 1. The van der Waals surface area contributed by atoms with Gasteiger partial charge in [0.05, 0.1) is 0 Å². The van der Waals surface area contributed by atoms with Crippen molar-refractivity contribution in [3.63, 3.8) is 0 Å². The minimum atomic E-state index is -0.444. The first-order chi connectivity index (χ1) is 6.15. The molecule has 3 nitrogen and oxygen atoms in total. The third-order valence-corrected chi connectivity index (χ3v) is 1.54. The summed E-state index contributed by atoms with van der Waals surface area (Å²) in [6, 6.07) is 1.40. The zero-order valence-electron chi connectivity index (χ0n) is 7.00. The highest BCUT2D eigenvalue weighted by Gasteiger charge is 1.99. The van der Waals surface area contributed by atoms with E-state index in [2.05, 4.69) is 4.98 Å². The first-order valence-corrected chi connectivity index (χ1v) is 3.91. The topological polar surface area (TPSA) is 50.2 Å². The van der Waals surface area contributed by atoms with Crippen molar-refractivity contribution in [1.82, 2.24) is 4.98 Å². The van der Waals surface area contributed by atoms with Crippen LogP contribution in [0.3, 0.4) is 0 Å². The van der Waals surface area contributed by atoms with Gasteiger partial charge in [-0.05, 0) is 18.1 Å². The van der Waals surface area contributed by atoms with Crippen LogP contribution >= 0.6 is 11.6 Å². The molecule has 0 radical (unpaired) electrons. The molecular weight excluding hydrogens is 197 g/mol. The van der Waals surface area contributed by atoms with Crippen LogP contribution in [-0.2, 0) is 11.2 Å². The summed E-state index contributed by atoms with van der Waals surface area (Å²) >= 11 is 5.35. The number of hydrogen-bond acceptors (Lipinski definition) is 2. The minimum absolute atomic E-state index is 0.0581. The molecule has 0 aliphatic heterocycles. The van der Waals surface area contributed by atoms with E-state index in [-0.39, 0.29) is 11.6 Å². The van der Waals surface area contributed by atoms with Gasteiger partial charge >= 0.3 is 0 Å². The highest BCUT2D eigenvalue weighted by Crippen LogP contribution is 2.11. The van der Waals surface area contributed by atoms with Crippen molar-refractivity contribution in [3.8, 4) is 0 Å². The number of carboxylic acid groups (broad SMARTS) is 1. The molecule has 1 heterocycles. The van der Waals surface area contributed by atoms with Crippen LogP contribution in [0.4, 0.5) is 4.39 Å². The van der Waals surface area contributed by atoms with Crippen LogP contribution < -0.4 is 0 Å². The Labute approximate surface area is 80.2 Å². The molecule has 0 aliphatic rings. The van der Waals surface area contributed by atoms with Gasteiger partial charge in [-0.1, -0.05) is 18.5 Å². The maximum atomic E-state index is 12.6. The number of rotatable bonds is 1. The molecule has 0 spiro atoms. The fourth-order valence-corrected chi connectivity index (χ4v) is 0.758. The molecule has 0 unspecified atom stereocenters. The Hall–Kier alpha value is -1.16. The van der Waals surface area contributed by atoms with E-state index in [4.69, 9.17) is 21.5 Å². The zero-order chi connectivity index (χ0) is 10.3. The lowest BCUT2D eigenvalue weighted by Gasteiger charge is -1.95. The molecule has 5 heteroatoms. The van der Waals surface area contributed by atoms with E-state index in [1.165, 1.54) is 6.07 Å². The van der Waals surface area contributed by atoms with Crippen LogP contribution in [-0.4, -0.2) is 16.6 Å². The van der Waals surface area contributed by atoms with Gasteiger partial charge in [0.15, 0.2) is 11.0 Å². The Morgan fingerprint density at radius 1 is 1.77 bits per heavy atom. The van der Waals surface area contributed by atoms with Gasteiger partial charge in [0.2, 0.25) is 0 Å². The molecule has 0 saturated carbocycles. The molecule has 0 aromatic carbocycles. The number of nitrogens with zero attached hydrogens (tertiary/aromatic N) is 1. The average molecular weight is 206 g/mol. The molecule has 0 bridgehead atoms. The van der Waals surface area contributed by atoms with Crippen molar-refractivity contribution in [2.45, 2.75) is 13.3 Å². The highest BCUT2D eigenvalue weighted by atomic mass is 35.5. The summed E-state index contributed by atoms with van der Waals surface area (Å²) in [5.41, 5.74) is 0.863. The van der Waals surface area contributed by atoms with E-state index in [9.17, 15) is 4.39 Å². The van der Waals surface area contributed by atoms with Crippen molar-refractivity contribution in [1.29, 1.82) is 0 Å². The largest absolute Gasteiger partial charge is 0.483 e. The van der Waals surface area contributed by atoms with Crippen LogP contribution in [0.15, 0.2) is 12.3 Å². The van der Waals surface area contributed by atoms with E-state index >= 15 is 0 Å². The minimum Gasteiger partial charge on any atom is -0.483 e. The van der Waals surface area contributed by atoms with Gasteiger partial charge in [-0.2, -0.15) is 0 Å². The van der Waals surface area contributed by atoms with Crippen LogP contribution in [0.2, 0.25) is 5.15 Å². The lowest BCUT2D eigenvalue weighted by Crippen LogP contribution is -1.86. The third kappa shape index (κ3) is 4.42. The fraction of sp³-hybridized carbons (Fsp3) is 0.250. The molecule has 0 saturated heterocycles. The SMILES string of the molecule is CCc1cnc(Cl)c(F)c1.O=CO. The number of hydrogen-bond donors (Lipinski definition) is 1. The van der Waals surface area contributed by atoms with Gasteiger partial charge in [-0.15, -0.1) is 0 Å². The first kappa shape index (κ1) is 11.8. The summed E-state index contributed by atoms with van der Waals surface area (Å²) in [6.45, 7) is 1.68. The van der Waals surface area contributed by atoms with Crippen LogP contribution in [0.25, 0.3) is 0 Å². The Kier molecular flexibility index (Phi) is 5.80. The lowest BCUT2D eigenvalue weighted by atomic mass is 10.2. The molecule has 1 aromatic rings. The summed E-state index contributed by atoms with van der Waals surface area (Å²) in [4.78, 5) is 12.0. The Morgan fingerprint density at radius 3 is 2.69 bits per heavy atom. The van der Waals surface area contributed by atoms with Crippen molar-refractivity contribution in [2.24, 2.45) is 0 Å². The predicted molar refractivity (Wildman–Crippen MR) is 47.3 cm³/mol. The molecular formula is C8H9ClFNO2. The van der Waals surface area contributed by atoms with Crippen molar-refractivity contribution in [2.75, 3.05) is 0 Å². The third-order valence-electron chi connectivity index (χ3n) is 1.26. The quantitative estimate of drug-likeness (QED) is 0.565. The fourth-order valence-electron chi connectivity index (χ4n) is 0.654. The summed E-state index contributed by atoms with van der Waals surface area (Å²) in [5.74, 6) is -0.444. The van der Waals surface area contributed by atoms with Gasteiger partial charge in [-0.3, -0.25) is 4.79 Å². The van der Waals surface area contributed by atoms with E-state index in [0.717, 1.165) is 12.0 Å². The Bertz CT molecular complexity index is 281. The summed E-state index contributed by atoms with van der Waals surface area (Å²) in [5, 5.41) is 6.83. The lowest BCUT2D eigenvalue weighted by molar-refractivity contribution is -0.122. The molecule has 1 N–H and O–H groups in total. The number of aromatic nitrogens is 1. The second-order valence-electron chi connectivity index (χ2n) is 2.08. The summed E-state index contributed by atoms with van der Waals surface area (Å²) in [6.07, 6.45) is 2.35. The van der Waals surface area contributed by atoms with Crippen molar-refractivity contribution >= 4 is 18.1 Å². The molecule has 1 rings (SSSR count). The molecule has 72 valence electrons. The van der Waals surface area contributed by atoms with E-state index in [0.29, 0.717) is 0 Å². The smallest absolute Gasteiger partial charge is 0.290 e. The number of carbonyl (C=O) groups is 1. The number of pyridine rings is 1. The van der Waals surface area contributed by atoms with Crippen LogP contribution in [0.1, 0.15) is 12.5 Å². The van der Waals surface area contributed by atoms with Gasteiger partial charge in [0.1, 0.15) is 0 Å². The Balaban J connectivity index is 0.000000424. The molecule has 1 aromatic heterocycles. The first-order valence-electron chi connectivity index (χ1n) is 3.53. The highest BCUT2D eigenvalue weighted by molar-refractivity contribution is 6.29.